The van der Waals surface area contributed by atoms with Crippen LogP contribution in [0.2, 0.25) is 0 Å². The van der Waals surface area contributed by atoms with Gasteiger partial charge in [0.15, 0.2) is 0 Å². The molecule has 1 aliphatic carbocycles. The number of hydrogen-bond acceptors (Lipinski definition) is 7. The summed E-state index contributed by atoms with van der Waals surface area (Å²) in [6.45, 7) is 7.37. The molecule has 3 aromatic heterocycles. The highest BCUT2D eigenvalue weighted by atomic mass is 32.1. The van der Waals surface area contributed by atoms with E-state index in [1.807, 2.05) is 17.4 Å². The minimum absolute atomic E-state index is 0.0179. The number of anilines is 2. The summed E-state index contributed by atoms with van der Waals surface area (Å²) in [5.74, 6) is 0.561. The maximum atomic E-state index is 12.6. The molecule has 34 heavy (non-hydrogen) atoms. The van der Waals surface area contributed by atoms with Crippen molar-refractivity contribution in [2.75, 3.05) is 25.0 Å². The smallest absolute Gasteiger partial charge is 0.274 e. The molecule has 2 aliphatic rings. The van der Waals surface area contributed by atoms with Crippen LogP contribution in [-0.4, -0.2) is 44.2 Å². The average Bonchev–Trinajstić information content (AvgIpc) is 3.28. The van der Waals surface area contributed by atoms with E-state index < -0.39 is 0 Å². The number of aromatic nitrogens is 3. The Hall–Kier alpha value is -2.81. The van der Waals surface area contributed by atoms with Crippen LogP contribution in [0.25, 0.3) is 6.08 Å². The summed E-state index contributed by atoms with van der Waals surface area (Å²) in [5.41, 5.74) is 5.70. The number of aliphatic hydroxyl groups excluding tert-OH is 1. The maximum absolute atomic E-state index is 12.6. The summed E-state index contributed by atoms with van der Waals surface area (Å²) in [6.07, 6.45) is 10.3. The minimum Gasteiger partial charge on any atom is -0.392 e. The largest absolute Gasteiger partial charge is 0.392 e. The second-order valence-electron chi connectivity index (χ2n) is 10.2. The van der Waals surface area contributed by atoms with Crippen LogP contribution >= 0.6 is 11.3 Å². The molecule has 8 heteroatoms. The van der Waals surface area contributed by atoms with E-state index in [2.05, 4.69) is 34.0 Å². The topological polar surface area (TPSA) is 83.3 Å². The van der Waals surface area contributed by atoms with Gasteiger partial charge in [-0.1, -0.05) is 19.9 Å². The Labute approximate surface area is 203 Å². The van der Waals surface area contributed by atoms with E-state index >= 15 is 0 Å². The molecule has 0 bridgehead atoms. The number of fused-ring (bicyclic) bond motifs is 3. The molecular formula is C26H31N5O2S. The van der Waals surface area contributed by atoms with Crippen LogP contribution in [0.15, 0.2) is 41.2 Å². The highest BCUT2D eigenvalue weighted by Gasteiger charge is 2.34. The Kier molecular flexibility index (Phi) is 6.14. The van der Waals surface area contributed by atoms with Crippen molar-refractivity contribution in [1.82, 2.24) is 19.4 Å². The first-order chi connectivity index (χ1) is 16.3. The summed E-state index contributed by atoms with van der Waals surface area (Å²) in [7, 11) is 1.73. The third-order valence-electron chi connectivity index (χ3n) is 6.67. The summed E-state index contributed by atoms with van der Waals surface area (Å²) in [6, 6.07) is 3.52. The van der Waals surface area contributed by atoms with E-state index in [1.54, 1.807) is 52.1 Å². The summed E-state index contributed by atoms with van der Waals surface area (Å²) in [4.78, 5) is 26.2. The van der Waals surface area contributed by atoms with Crippen LogP contribution in [-0.2, 0) is 32.9 Å². The second kappa shape index (κ2) is 9.09. The Balaban J connectivity index is 1.33. The number of aryl methyl sites for hydroxylation is 1. The van der Waals surface area contributed by atoms with Gasteiger partial charge in [0.2, 0.25) is 0 Å². The normalized spacial score (nSPS) is 17.5. The highest BCUT2D eigenvalue weighted by molar-refractivity contribution is 7.12. The zero-order chi connectivity index (χ0) is 23.9. The van der Waals surface area contributed by atoms with Crippen molar-refractivity contribution < 1.29 is 5.11 Å². The Morgan fingerprint density at radius 3 is 2.91 bits per heavy atom. The van der Waals surface area contributed by atoms with Crippen LogP contribution in [0.3, 0.4) is 0 Å². The van der Waals surface area contributed by atoms with Crippen LogP contribution in [0.4, 0.5) is 11.5 Å². The molecule has 0 saturated carbocycles. The molecule has 0 amide bonds. The van der Waals surface area contributed by atoms with E-state index in [1.165, 1.54) is 24.0 Å². The number of pyridine rings is 1. The standard InChI is InChI=1S/C26H31N5O2S/c1-26(2)10-20-19-5-7-31(14-23(19)34-22(20)11-26)13-18(15-32)8-17-9-21(25(33)30(3)12-17)29-24-4-6-27-16-28-24/h4,6,8-9,12,16,32H,5,7,10-11,13-15H2,1-3H3,(H,27,28,29)/b18-8-. The second-order valence-corrected chi connectivity index (χ2v) is 11.4. The fourth-order valence-corrected chi connectivity index (χ4v) is 6.78. The number of hydrogen-bond donors (Lipinski definition) is 2. The zero-order valence-corrected chi connectivity index (χ0v) is 20.8. The SMILES string of the molecule is Cn1cc(/C=C(\CO)CN2CCc3c(sc4c3CC(C)(C)C4)C2)cc(Nc2ccncn2)c1=O. The molecule has 0 aromatic carbocycles. The molecular weight excluding hydrogens is 446 g/mol. The van der Waals surface area contributed by atoms with Gasteiger partial charge in [0.1, 0.15) is 17.8 Å². The summed E-state index contributed by atoms with van der Waals surface area (Å²) >= 11 is 2.00. The highest BCUT2D eigenvalue weighted by Crippen LogP contribution is 2.45. The first-order valence-corrected chi connectivity index (χ1v) is 12.5. The molecule has 0 unspecified atom stereocenters. The van der Waals surface area contributed by atoms with Crippen molar-refractivity contribution in [2.24, 2.45) is 12.5 Å². The average molecular weight is 478 g/mol. The van der Waals surface area contributed by atoms with Gasteiger partial charge in [-0.05, 0) is 59.1 Å². The first-order valence-electron chi connectivity index (χ1n) is 11.7. The molecule has 7 nitrogen and oxygen atoms in total. The maximum Gasteiger partial charge on any atom is 0.274 e. The number of nitrogens with one attached hydrogen (secondary N) is 1. The van der Waals surface area contributed by atoms with E-state index in [0.717, 1.165) is 30.6 Å². The molecule has 0 saturated heterocycles. The molecule has 1 aliphatic heterocycles. The van der Waals surface area contributed by atoms with E-state index in [9.17, 15) is 9.90 Å². The van der Waals surface area contributed by atoms with Crippen molar-refractivity contribution >= 4 is 28.9 Å². The van der Waals surface area contributed by atoms with Gasteiger partial charge in [-0.15, -0.1) is 11.3 Å². The van der Waals surface area contributed by atoms with E-state index in [0.29, 0.717) is 23.5 Å². The van der Waals surface area contributed by atoms with Gasteiger partial charge in [0.05, 0.1) is 6.61 Å². The predicted octanol–water partition coefficient (Wildman–Crippen LogP) is 3.54. The predicted molar refractivity (Wildman–Crippen MR) is 137 cm³/mol. The molecule has 5 rings (SSSR count). The number of rotatable bonds is 6. The number of nitrogens with zero attached hydrogens (tertiary/aromatic N) is 4. The molecule has 0 radical (unpaired) electrons. The van der Waals surface area contributed by atoms with Crippen LogP contribution < -0.4 is 10.9 Å². The molecule has 0 atom stereocenters. The number of aliphatic hydroxyl groups is 1. The lowest BCUT2D eigenvalue weighted by atomic mass is 9.89. The molecule has 3 aromatic rings. The van der Waals surface area contributed by atoms with Crippen molar-refractivity contribution in [2.45, 2.75) is 39.7 Å². The molecule has 2 N–H and O–H groups in total. The molecule has 4 heterocycles. The van der Waals surface area contributed by atoms with E-state index in [4.69, 9.17) is 0 Å². The van der Waals surface area contributed by atoms with Crippen LogP contribution in [0.5, 0.6) is 0 Å². The van der Waals surface area contributed by atoms with Gasteiger partial charge in [-0.2, -0.15) is 0 Å². The van der Waals surface area contributed by atoms with Crippen molar-refractivity contribution in [3.8, 4) is 0 Å². The van der Waals surface area contributed by atoms with Gasteiger partial charge in [-0.25, -0.2) is 9.97 Å². The van der Waals surface area contributed by atoms with Crippen molar-refractivity contribution in [3.63, 3.8) is 0 Å². The van der Waals surface area contributed by atoms with Gasteiger partial charge in [0, 0.05) is 48.8 Å². The van der Waals surface area contributed by atoms with Gasteiger partial charge in [-0.3, -0.25) is 9.69 Å². The first kappa shape index (κ1) is 23.0. The van der Waals surface area contributed by atoms with Crippen LogP contribution in [0.1, 0.15) is 40.3 Å². The molecule has 178 valence electrons. The summed E-state index contributed by atoms with van der Waals surface area (Å²) in [5, 5.41) is 13.2. The molecule has 0 fully saturated rings. The lowest BCUT2D eigenvalue weighted by Gasteiger charge is -2.28. The van der Waals surface area contributed by atoms with Crippen molar-refractivity contribution in [1.29, 1.82) is 0 Å². The molecule has 0 spiro atoms. The lowest BCUT2D eigenvalue weighted by Crippen LogP contribution is -2.32. The lowest BCUT2D eigenvalue weighted by molar-refractivity contribution is 0.256. The fraction of sp³-hybridized carbons (Fsp3) is 0.423. The van der Waals surface area contributed by atoms with Crippen LogP contribution in [0, 0.1) is 5.41 Å². The number of thiophene rings is 1. The Bertz CT molecular complexity index is 1290. The van der Waals surface area contributed by atoms with E-state index in [-0.39, 0.29) is 12.2 Å². The quantitative estimate of drug-likeness (QED) is 0.565. The Morgan fingerprint density at radius 2 is 2.15 bits per heavy atom. The third kappa shape index (κ3) is 4.71. The fourth-order valence-electron chi connectivity index (χ4n) is 5.11. The van der Waals surface area contributed by atoms with Gasteiger partial charge >= 0.3 is 0 Å². The van der Waals surface area contributed by atoms with Gasteiger partial charge in [0.25, 0.3) is 5.56 Å². The van der Waals surface area contributed by atoms with Crippen molar-refractivity contribution in [3.05, 3.63) is 73.2 Å². The monoisotopic (exact) mass is 477 g/mol. The summed E-state index contributed by atoms with van der Waals surface area (Å²) < 4.78 is 1.55. The third-order valence-corrected chi connectivity index (χ3v) is 7.93. The van der Waals surface area contributed by atoms with Gasteiger partial charge < -0.3 is 15.0 Å². The minimum atomic E-state index is -0.140. The Morgan fingerprint density at radius 1 is 1.29 bits per heavy atom. The zero-order valence-electron chi connectivity index (χ0n) is 20.0.